The van der Waals surface area contributed by atoms with E-state index in [2.05, 4.69) is 43.5 Å². The third-order valence-corrected chi connectivity index (χ3v) is 10.1. The molecule has 6 nitrogen and oxygen atoms in total. The van der Waals surface area contributed by atoms with Crippen LogP contribution < -0.4 is 5.32 Å². The summed E-state index contributed by atoms with van der Waals surface area (Å²) in [6.45, 7) is 4.52. The third kappa shape index (κ3) is 37.6. The summed E-state index contributed by atoms with van der Waals surface area (Å²) in [5.41, 5.74) is 0. The van der Waals surface area contributed by atoms with Crippen LogP contribution in [0.1, 0.15) is 206 Å². The number of aliphatic hydroxyl groups excluding tert-OH is 1. The molecule has 0 aliphatic rings. The Morgan fingerprint density at radius 3 is 1.29 bits per heavy atom. The fourth-order valence-electron chi connectivity index (χ4n) is 6.17. The molecule has 2 atom stereocenters. The summed E-state index contributed by atoms with van der Waals surface area (Å²) in [5, 5.41) is 13.2. The average Bonchev–Trinajstić information content (AvgIpc) is 3.06. The lowest BCUT2D eigenvalue weighted by molar-refractivity contribution is -0.122. The number of nitrogens with one attached hydrogen (secondary N) is 1. The Bertz CT molecular complexity index is 914. The van der Waals surface area contributed by atoms with Crippen LogP contribution in [-0.2, 0) is 14.9 Å². The monoisotopic (exact) mass is 710 g/mol. The fraction of sp³-hybridized carbons (Fsp3) is 0.833. The highest BCUT2D eigenvalue weighted by molar-refractivity contribution is 7.85. The minimum Gasteiger partial charge on any atom is -0.387 e. The van der Waals surface area contributed by atoms with Gasteiger partial charge < -0.3 is 10.4 Å². The second-order valence-corrected chi connectivity index (χ2v) is 15.8. The van der Waals surface area contributed by atoms with Crippen LogP contribution in [0.4, 0.5) is 0 Å². The molecule has 0 spiro atoms. The van der Waals surface area contributed by atoms with E-state index >= 15 is 0 Å². The van der Waals surface area contributed by atoms with E-state index in [9.17, 15) is 22.9 Å². The fourth-order valence-corrected chi connectivity index (χ4v) is 6.90. The highest BCUT2D eigenvalue weighted by atomic mass is 32.2. The maximum absolute atomic E-state index is 12.5. The molecule has 1 amide bonds. The number of carbonyl (C=O) groups is 1. The molecule has 0 bridgehead atoms. The Kier molecular flexibility index (Phi) is 35.3. The zero-order valence-electron chi connectivity index (χ0n) is 32.1. The van der Waals surface area contributed by atoms with Gasteiger partial charge in [0.1, 0.15) is 0 Å². The van der Waals surface area contributed by atoms with Crippen molar-refractivity contribution in [1.82, 2.24) is 5.32 Å². The summed E-state index contributed by atoms with van der Waals surface area (Å²) in [5.74, 6) is -1.01. The summed E-state index contributed by atoms with van der Waals surface area (Å²) in [6, 6.07) is -1.08. The van der Waals surface area contributed by atoms with Crippen molar-refractivity contribution in [3.8, 4) is 0 Å². The Labute approximate surface area is 304 Å². The van der Waals surface area contributed by atoms with Crippen molar-refractivity contribution in [1.29, 1.82) is 0 Å². The van der Waals surface area contributed by atoms with Gasteiger partial charge in [-0.2, -0.15) is 8.42 Å². The normalized spacial score (nSPS) is 13.6. The summed E-state index contributed by atoms with van der Waals surface area (Å²) in [6.07, 6.45) is 47.0. The number of unbranched alkanes of at least 4 members (excludes halogenated alkanes) is 25. The molecule has 2 unspecified atom stereocenters. The Hall–Kier alpha value is -1.44. The van der Waals surface area contributed by atoms with Gasteiger partial charge in [0.2, 0.25) is 5.91 Å². The number of amides is 1. The predicted molar refractivity (Wildman–Crippen MR) is 212 cm³/mol. The summed E-state index contributed by atoms with van der Waals surface area (Å²) < 4.78 is 32.5. The van der Waals surface area contributed by atoms with Crippen LogP contribution >= 0.6 is 0 Å². The van der Waals surface area contributed by atoms with Crippen molar-refractivity contribution < 1.29 is 22.9 Å². The number of hydrogen-bond donors (Lipinski definition) is 3. The summed E-state index contributed by atoms with van der Waals surface area (Å²) >= 11 is 0. The predicted octanol–water partition coefficient (Wildman–Crippen LogP) is 12.1. The molecule has 0 aliphatic carbocycles. The SMILES string of the molecule is CCCCCCCC/C=C\CCCCCCCC(=O)NC(CS(=O)(=O)O)C(O)/C=C/CC/C=C/CCCCCCCCCCCCCCC. The van der Waals surface area contributed by atoms with E-state index in [1.807, 2.05) is 6.08 Å². The van der Waals surface area contributed by atoms with E-state index in [1.54, 1.807) is 0 Å². The van der Waals surface area contributed by atoms with Crippen LogP contribution in [0.3, 0.4) is 0 Å². The van der Waals surface area contributed by atoms with E-state index in [4.69, 9.17) is 0 Å². The number of hydrogen-bond acceptors (Lipinski definition) is 4. The molecule has 0 aromatic heterocycles. The number of aliphatic hydroxyl groups is 1. The summed E-state index contributed by atoms with van der Waals surface area (Å²) in [4.78, 5) is 12.5. The largest absolute Gasteiger partial charge is 0.387 e. The molecule has 0 aromatic rings. The third-order valence-electron chi connectivity index (χ3n) is 9.29. The van der Waals surface area contributed by atoms with Crippen LogP contribution in [0.15, 0.2) is 36.5 Å². The molecule has 288 valence electrons. The van der Waals surface area contributed by atoms with E-state index in [1.165, 1.54) is 134 Å². The zero-order valence-corrected chi connectivity index (χ0v) is 32.9. The zero-order chi connectivity index (χ0) is 36.1. The maximum Gasteiger partial charge on any atom is 0.267 e. The first kappa shape index (κ1) is 47.6. The van der Waals surface area contributed by atoms with Crippen molar-refractivity contribution in [2.24, 2.45) is 0 Å². The van der Waals surface area contributed by atoms with Crippen molar-refractivity contribution >= 4 is 16.0 Å². The Balaban J connectivity index is 3.97. The van der Waals surface area contributed by atoms with Gasteiger partial charge in [-0.3, -0.25) is 9.35 Å². The van der Waals surface area contributed by atoms with E-state index in [-0.39, 0.29) is 12.3 Å². The Morgan fingerprint density at radius 2 is 0.878 bits per heavy atom. The number of allylic oxidation sites excluding steroid dienone is 5. The van der Waals surface area contributed by atoms with Crippen molar-refractivity contribution in [3.05, 3.63) is 36.5 Å². The van der Waals surface area contributed by atoms with E-state index in [0.29, 0.717) is 6.42 Å². The van der Waals surface area contributed by atoms with Gasteiger partial charge in [0.25, 0.3) is 10.1 Å². The van der Waals surface area contributed by atoms with Gasteiger partial charge in [-0.05, 0) is 57.8 Å². The molecule has 49 heavy (non-hydrogen) atoms. The van der Waals surface area contributed by atoms with Crippen LogP contribution in [0.5, 0.6) is 0 Å². The van der Waals surface area contributed by atoms with Crippen LogP contribution in [-0.4, -0.2) is 41.9 Å². The first-order chi connectivity index (χ1) is 23.8. The lowest BCUT2D eigenvalue weighted by Crippen LogP contribution is -2.46. The molecule has 0 heterocycles. The van der Waals surface area contributed by atoms with Gasteiger partial charge in [-0.15, -0.1) is 0 Å². The lowest BCUT2D eigenvalue weighted by Gasteiger charge is -2.21. The minimum atomic E-state index is -4.35. The van der Waals surface area contributed by atoms with E-state index < -0.39 is 28.0 Å². The molecule has 0 radical (unpaired) electrons. The number of rotatable bonds is 37. The van der Waals surface area contributed by atoms with Crippen LogP contribution in [0.25, 0.3) is 0 Å². The molecular weight excluding hydrogens is 631 g/mol. The van der Waals surface area contributed by atoms with Gasteiger partial charge in [-0.1, -0.05) is 179 Å². The smallest absolute Gasteiger partial charge is 0.267 e. The first-order valence-corrected chi connectivity index (χ1v) is 22.3. The van der Waals surface area contributed by atoms with Gasteiger partial charge >= 0.3 is 0 Å². The Morgan fingerprint density at radius 1 is 0.531 bits per heavy atom. The number of carbonyl (C=O) groups excluding carboxylic acids is 1. The lowest BCUT2D eigenvalue weighted by atomic mass is 10.0. The highest BCUT2D eigenvalue weighted by Gasteiger charge is 2.24. The standard InChI is InChI=1S/C42H79NO5S/c1-3-5-7-9-11-13-15-17-19-20-21-22-24-25-27-29-31-33-35-37-41(44)40(39-49(46,47)48)43-42(45)38-36-34-32-30-28-26-23-18-16-14-12-10-8-6-4-2/h18,23,27,29,35,37,40-41,44H,3-17,19-22,24-26,28,30-34,36,38-39H2,1-2H3,(H,43,45)(H,46,47,48)/b23-18-,29-27+,37-35+. The maximum atomic E-state index is 12.5. The van der Waals surface area contributed by atoms with Crippen molar-refractivity contribution in [2.45, 2.75) is 219 Å². The van der Waals surface area contributed by atoms with Crippen LogP contribution in [0, 0.1) is 0 Å². The van der Waals surface area contributed by atoms with Gasteiger partial charge in [0.05, 0.1) is 17.9 Å². The molecule has 0 aromatic carbocycles. The van der Waals surface area contributed by atoms with Gasteiger partial charge in [0, 0.05) is 6.42 Å². The molecule has 0 saturated carbocycles. The van der Waals surface area contributed by atoms with Gasteiger partial charge in [-0.25, -0.2) is 0 Å². The molecule has 7 heteroatoms. The van der Waals surface area contributed by atoms with Crippen molar-refractivity contribution in [3.63, 3.8) is 0 Å². The van der Waals surface area contributed by atoms with Crippen molar-refractivity contribution in [2.75, 3.05) is 5.75 Å². The molecule has 0 rings (SSSR count). The first-order valence-electron chi connectivity index (χ1n) is 20.7. The average molecular weight is 710 g/mol. The van der Waals surface area contributed by atoms with E-state index in [0.717, 1.165) is 51.4 Å². The highest BCUT2D eigenvalue weighted by Crippen LogP contribution is 2.14. The molecule has 0 fully saturated rings. The second-order valence-electron chi connectivity index (χ2n) is 14.3. The molecule has 0 aliphatic heterocycles. The molecule has 3 N–H and O–H groups in total. The molecule has 0 saturated heterocycles. The minimum absolute atomic E-state index is 0.278. The summed E-state index contributed by atoms with van der Waals surface area (Å²) in [7, 11) is -4.35. The molecular formula is C42H79NO5S. The topological polar surface area (TPSA) is 104 Å². The van der Waals surface area contributed by atoms with Crippen LogP contribution in [0.2, 0.25) is 0 Å². The second kappa shape index (κ2) is 36.4. The quantitative estimate of drug-likeness (QED) is 0.0338. The van der Waals surface area contributed by atoms with Gasteiger partial charge in [0.15, 0.2) is 0 Å².